The van der Waals surface area contributed by atoms with Crippen LogP contribution in [-0.4, -0.2) is 67.9 Å². The Morgan fingerprint density at radius 2 is 1.79 bits per heavy atom. The van der Waals surface area contributed by atoms with Crippen LogP contribution >= 0.6 is 0 Å². The zero-order chi connectivity index (χ0) is 24.0. The Labute approximate surface area is 188 Å². The van der Waals surface area contributed by atoms with Gasteiger partial charge in [-0.2, -0.15) is 13.1 Å². The van der Waals surface area contributed by atoms with Crippen molar-refractivity contribution in [2.75, 3.05) is 32.7 Å². The first kappa shape index (κ1) is 24.3. The van der Waals surface area contributed by atoms with Gasteiger partial charge in [-0.25, -0.2) is 13.2 Å². The molecule has 0 unspecified atom stereocenters. The first-order chi connectivity index (χ1) is 15.7. The Hall–Kier alpha value is -3.32. The molecule has 178 valence electrons. The molecule has 13 heteroatoms. The van der Waals surface area contributed by atoms with E-state index < -0.39 is 21.6 Å². The number of halogens is 2. The quantitative estimate of drug-likeness (QED) is 0.454. The van der Waals surface area contributed by atoms with E-state index in [-0.39, 0.29) is 48.5 Å². The summed E-state index contributed by atoms with van der Waals surface area (Å²) in [6, 6.07) is 10.6. The van der Waals surface area contributed by atoms with Crippen molar-refractivity contribution in [3.63, 3.8) is 0 Å². The van der Waals surface area contributed by atoms with Gasteiger partial charge in [-0.3, -0.25) is 10.1 Å². The lowest BCUT2D eigenvalue weighted by Gasteiger charge is -2.34. The van der Waals surface area contributed by atoms with Crippen LogP contribution < -0.4 is 10.1 Å². The van der Waals surface area contributed by atoms with E-state index >= 15 is 0 Å². The van der Waals surface area contributed by atoms with Gasteiger partial charge in [-0.05, 0) is 30.2 Å². The van der Waals surface area contributed by atoms with Gasteiger partial charge < -0.3 is 15.0 Å². The highest BCUT2D eigenvalue weighted by atomic mass is 32.2. The van der Waals surface area contributed by atoms with Crippen molar-refractivity contribution in [2.24, 2.45) is 0 Å². The van der Waals surface area contributed by atoms with E-state index in [9.17, 15) is 32.1 Å². The first-order valence-corrected chi connectivity index (χ1v) is 11.4. The first-order valence-electron chi connectivity index (χ1n) is 9.98. The van der Waals surface area contributed by atoms with Crippen molar-refractivity contribution < 1.29 is 31.7 Å². The maximum absolute atomic E-state index is 12.8. The van der Waals surface area contributed by atoms with Gasteiger partial charge in [-0.15, -0.1) is 0 Å². The summed E-state index contributed by atoms with van der Waals surface area (Å²) in [5.41, 5.74) is 0.509. The number of hydrogen-bond acceptors (Lipinski definition) is 6. The minimum Gasteiger partial charge on any atom is -0.435 e. The largest absolute Gasteiger partial charge is 0.435 e. The fourth-order valence-electron chi connectivity index (χ4n) is 3.30. The number of piperazine rings is 1. The highest BCUT2D eigenvalue weighted by Crippen LogP contribution is 2.22. The standard InChI is InChI=1S/C20H22F2N4O6S/c21-19(22)32-17-6-4-15(5-7-17)8-9-23-20(27)24-10-12-25(13-11-24)33(30,31)18-3-1-2-16(14-18)26(28)29/h1-7,14,19H,8-13H2,(H,23,27). The van der Waals surface area contributed by atoms with Crippen LogP contribution in [0.3, 0.4) is 0 Å². The number of nitro benzene ring substituents is 1. The van der Waals surface area contributed by atoms with Gasteiger partial charge in [0.25, 0.3) is 5.69 Å². The summed E-state index contributed by atoms with van der Waals surface area (Å²) in [4.78, 5) is 24.0. The number of nitrogens with one attached hydrogen (secondary N) is 1. The van der Waals surface area contributed by atoms with Gasteiger partial charge in [0.15, 0.2) is 0 Å². The van der Waals surface area contributed by atoms with Crippen molar-refractivity contribution in [3.05, 3.63) is 64.2 Å². The molecule has 0 radical (unpaired) electrons. The van der Waals surface area contributed by atoms with Crippen molar-refractivity contribution in [1.82, 2.24) is 14.5 Å². The smallest absolute Gasteiger partial charge is 0.387 e. The number of nitrogens with zero attached hydrogens (tertiary/aromatic N) is 3. The monoisotopic (exact) mass is 484 g/mol. The maximum Gasteiger partial charge on any atom is 0.387 e. The molecule has 1 aliphatic rings. The van der Waals surface area contributed by atoms with E-state index in [4.69, 9.17) is 0 Å². The molecule has 1 aliphatic heterocycles. The van der Waals surface area contributed by atoms with Crippen molar-refractivity contribution in [2.45, 2.75) is 17.9 Å². The highest BCUT2D eigenvalue weighted by molar-refractivity contribution is 7.89. The predicted octanol–water partition coefficient (Wildman–Crippen LogP) is 2.45. The molecule has 3 rings (SSSR count). The lowest BCUT2D eigenvalue weighted by Crippen LogP contribution is -2.53. The molecule has 2 amide bonds. The number of hydrogen-bond donors (Lipinski definition) is 1. The number of urea groups is 1. The Balaban J connectivity index is 1.47. The zero-order valence-corrected chi connectivity index (χ0v) is 18.2. The second-order valence-electron chi connectivity index (χ2n) is 7.15. The number of non-ortho nitro benzene ring substituents is 1. The summed E-state index contributed by atoms with van der Waals surface area (Å²) < 4.78 is 55.4. The molecule has 0 bridgehead atoms. The Morgan fingerprint density at radius 1 is 1.12 bits per heavy atom. The molecule has 2 aromatic carbocycles. The highest BCUT2D eigenvalue weighted by Gasteiger charge is 2.30. The van der Waals surface area contributed by atoms with E-state index in [0.29, 0.717) is 13.0 Å². The van der Waals surface area contributed by atoms with Crippen LogP contribution in [0.2, 0.25) is 0 Å². The van der Waals surface area contributed by atoms with E-state index in [2.05, 4.69) is 10.1 Å². The topological polar surface area (TPSA) is 122 Å². The van der Waals surface area contributed by atoms with Gasteiger partial charge in [0, 0.05) is 44.9 Å². The molecule has 1 fully saturated rings. The summed E-state index contributed by atoms with van der Waals surface area (Å²) in [6.07, 6.45) is 0.474. The number of ether oxygens (including phenoxy) is 1. The molecule has 1 saturated heterocycles. The van der Waals surface area contributed by atoms with Gasteiger partial charge >= 0.3 is 12.6 Å². The third kappa shape index (κ3) is 6.35. The summed E-state index contributed by atoms with van der Waals surface area (Å²) in [5.74, 6) is 0.0516. The maximum atomic E-state index is 12.8. The van der Waals surface area contributed by atoms with Crippen LogP contribution in [0.4, 0.5) is 19.3 Å². The molecule has 1 heterocycles. The minimum atomic E-state index is -3.92. The predicted molar refractivity (Wildman–Crippen MR) is 114 cm³/mol. The van der Waals surface area contributed by atoms with Gasteiger partial charge in [0.05, 0.1) is 9.82 Å². The van der Waals surface area contributed by atoms with Crippen LogP contribution in [0.25, 0.3) is 0 Å². The molecule has 1 N–H and O–H groups in total. The molecule has 0 aliphatic carbocycles. The molecule has 2 aromatic rings. The van der Waals surface area contributed by atoms with Crippen LogP contribution in [0, 0.1) is 10.1 Å². The number of carbonyl (C=O) groups is 1. The van der Waals surface area contributed by atoms with Crippen LogP contribution in [0.1, 0.15) is 5.56 Å². The third-order valence-electron chi connectivity index (χ3n) is 5.03. The summed E-state index contributed by atoms with van der Waals surface area (Å²) >= 11 is 0. The van der Waals surface area contributed by atoms with Crippen molar-refractivity contribution >= 4 is 21.7 Å². The lowest BCUT2D eigenvalue weighted by molar-refractivity contribution is -0.385. The number of carbonyl (C=O) groups excluding carboxylic acids is 1. The molecule has 0 atom stereocenters. The normalized spacial score (nSPS) is 14.8. The molecule has 33 heavy (non-hydrogen) atoms. The van der Waals surface area contributed by atoms with E-state index in [1.165, 1.54) is 39.5 Å². The summed E-state index contributed by atoms with van der Waals surface area (Å²) in [7, 11) is -3.92. The van der Waals surface area contributed by atoms with Gasteiger partial charge in [-0.1, -0.05) is 18.2 Å². The molecule has 0 aromatic heterocycles. The average molecular weight is 484 g/mol. The van der Waals surface area contributed by atoms with Crippen molar-refractivity contribution in [1.29, 1.82) is 0 Å². The SMILES string of the molecule is O=C(NCCc1ccc(OC(F)F)cc1)N1CCN(S(=O)(=O)c2cccc([N+](=O)[O-])c2)CC1. The van der Waals surface area contributed by atoms with Crippen molar-refractivity contribution in [3.8, 4) is 5.75 Å². The lowest BCUT2D eigenvalue weighted by atomic mass is 10.1. The zero-order valence-electron chi connectivity index (χ0n) is 17.4. The fraction of sp³-hybridized carbons (Fsp3) is 0.350. The average Bonchev–Trinajstić information content (AvgIpc) is 2.80. The third-order valence-corrected chi connectivity index (χ3v) is 6.93. The van der Waals surface area contributed by atoms with Crippen LogP contribution in [-0.2, 0) is 16.4 Å². The molecule has 0 saturated carbocycles. The molecular formula is C20H22F2N4O6S. The summed E-state index contributed by atoms with van der Waals surface area (Å²) in [5, 5.41) is 13.7. The molecular weight excluding hydrogens is 462 g/mol. The van der Waals surface area contributed by atoms with Gasteiger partial charge in [0.2, 0.25) is 10.0 Å². The van der Waals surface area contributed by atoms with Crippen LogP contribution in [0.5, 0.6) is 5.75 Å². The second-order valence-corrected chi connectivity index (χ2v) is 9.09. The molecule has 10 nitrogen and oxygen atoms in total. The number of amides is 2. The summed E-state index contributed by atoms with van der Waals surface area (Å²) in [6.45, 7) is -2.13. The number of alkyl halides is 2. The van der Waals surface area contributed by atoms with E-state index in [1.54, 1.807) is 12.1 Å². The Kier molecular flexibility index (Phi) is 7.76. The van der Waals surface area contributed by atoms with Crippen LogP contribution in [0.15, 0.2) is 53.4 Å². The number of benzene rings is 2. The Bertz CT molecular complexity index is 1090. The van der Waals surface area contributed by atoms with E-state index in [1.807, 2.05) is 0 Å². The minimum absolute atomic E-state index is 0.0516. The number of nitro groups is 1. The molecule has 0 spiro atoms. The number of sulfonamides is 1. The fourth-order valence-corrected chi connectivity index (χ4v) is 4.76. The van der Waals surface area contributed by atoms with E-state index in [0.717, 1.165) is 11.6 Å². The number of rotatable bonds is 8. The Morgan fingerprint density at radius 3 is 2.39 bits per heavy atom. The second kappa shape index (κ2) is 10.5. The van der Waals surface area contributed by atoms with Gasteiger partial charge in [0.1, 0.15) is 5.75 Å².